The Kier molecular flexibility index (Phi) is 7.91. The molecular weight excluding hydrogens is 392 g/mol. The summed E-state index contributed by atoms with van der Waals surface area (Å²) < 4.78 is 13.1. The highest BCUT2D eigenvalue weighted by Crippen LogP contribution is 2.23. The molecule has 1 fully saturated rings. The summed E-state index contributed by atoms with van der Waals surface area (Å²) in [7, 11) is 0. The maximum Gasteiger partial charge on any atom is 0.228 e. The van der Waals surface area contributed by atoms with Crippen LogP contribution in [-0.4, -0.2) is 70.4 Å². The lowest BCUT2D eigenvalue weighted by Gasteiger charge is -2.27. The molecule has 2 aromatic rings. The highest BCUT2D eigenvalue weighted by Gasteiger charge is 2.20. The van der Waals surface area contributed by atoms with Crippen molar-refractivity contribution in [2.24, 2.45) is 0 Å². The van der Waals surface area contributed by atoms with Crippen LogP contribution in [0.5, 0.6) is 5.75 Å². The number of aliphatic hydroxyl groups excluding tert-OH is 1. The van der Waals surface area contributed by atoms with E-state index in [2.05, 4.69) is 26.6 Å². The van der Waals surface area contributed by atoms with Gasteiger partial charge >= 0.3 is 0 Å². The van der Waals surface area contributed by atoms with Gasteiger partial charge in [-0.3, -0.25) is 9.36 Å². The lowest BCUT2D eigenvalue weighted by atomic mass is 10.1. The molecule has 0 saturated carbocycles. The van der Waals surface area contributed by atoms with Crippen LogP contribution in [-0.2, 0) is 11.3 Å². The van der Waals surface area contributed by atoms with Gasteiger partial charge in [-0.05, 0) is 31.2 Å². The molecular formula is C20H28N4O4S. The fourth-order valence-electron chi connectivity index (χ4n) is 3.01. The first-order chi connectivity index (χ1) is 14.1. The van der Waals surface area contributed by atoms with Crippen molar-refractivity contribution in [3.05, 3.63) is 29.8 Å². The van der Waals surface area contributed by atoms with Crippen LogP contribution in [0.1, 0.15) is 30.6 Å². The van der Waals surface area contributed by atoms with Crippen LogP contribution in [0, 0.1) is 0 Å². The van der Waals surface area contributed by atoms with Gasteiger partial charge in [0, 0.05) is 37.4 Å². The summed E-state index contributed by atoms with van der Waals surface area (Å²) in [6, 6.07) is 7.01. The Bertz CT molecular complexity index is 790. The average molecular weight is 421 g/mol. The van der Waals surface area contributed by atoms with Crippen molar-refractivity contribution in [3.8, 4) is 5.75 Å². The predicted octanol–water partition coefficient (Wildman–Crippen LogP) is 2.26. The molecule has 0 spiro atoms. The number of ketones is 1. The number of anilines is 1. The van der Waals surface area contributed by atoms with Crippen molar-refractivity contribution in [2.45, 2.75) is 38.1 Å². The van der Waals surface area contributed by atoms with Gasteiger partial charge in [-0.2, -0.15) is 0 Å². The molecule has 1 N–H and O–H groups in total. The number of thioether (sulfide) groups is 1. The molecule has 8 nitrogen and oxygen atoms in total. The number of benzene rings is 1. The maximum absolute atomic E-state index is 11.7. The summed E-state index contributed by atoms with van der Waals surface area (Å²) in [5.74, 6) is 2.04. The summed E-state index contributed by atoms with van der Waals surface area (Å²) >= 11 is 1.47. The number of ether oxygens (including phenoxy) is 2. The quantitative estimate of drug-likeness (QED) is 0.462. The number of morpholine rings is 1. The Hall–Kier alpha value is -2.10. The van der Waals surface area contributed by atoms with Crippen molar-refractivity contribution in [3.63, 3.8) is 0 Å². The van der Waals surface area contributed by atoms with Crippen LogP contribution in [0.4, 0.5) is 5.95 Å². The largest absolute Gasteiger partial charge is 0.491 e. The average Bonchev–Trinajstić information content (AvgIpc) is 3.19. The Morgan fingerprint density at radius 2 is 1.97 bits per heavy atom. The molecule has 1 aromatic carbocycles. The fraction of sp³-hybridized carbons (Fsp3) is 0.550. The zero-order valence-corrected chi connectivity index (χ0v) is 17.7. The van der Waals surface area contributed by atoms with Crippen LogP contribution in [0.3, 0.4) is 0 Å². The number of hydrogen-bond acceptors (Lipinski definition) is 8. The lowest BCUT2D eigenvalue weighted by molar-refractivity contribution is 0.0987. The minimum atomic E-state index is -0.647. The summed E-state index contributed by atoms with van der Waals surface area (Å²) in [6.07, 6.45) is -0.169. The van der Waals surface area contributed by atoms with Gasteiger partial charge in [0.15, 0.2) is 10.9 Å². The number of Topliss-reactive ketones (excluding diaryl/α,β-unsaturated/α-hetero) is 1. The van der Waals surface area contributed by atoms with E-state index in [0.29, 0.717) is 36.7 Å². The number of rotatable bonds is 10. The molecule has 1 atom stereocenters. The molecule has 1 aliphatic heterocycles. The van der Waals surface area contributed by atoms with Gasteiger partial charge in [-0.15, -0.1) is 10.2 Å². The molecule has 29 heavy (non-hydrogen) atoms. The van der Waals surface area contributed by atoms with Crippen LogP contribution < -0.4 is 9.64 Å². The lowest BCUT2D eigenvalue weighted by Crippen LogP contribution is -2.38. The minimum Gasteiger partial charge on any atom is -0.491 e. The second-order valence-corrected chi connectivity index (χ2v) is 7.69. The third-order valence-corrected chi connectivity index (χ3v) is 5.76. The zero-order chi connectivity index (χ0) is 20.6. The molecule has 0 bridgehead atoms. The first-order valence-corrected chi connectivity index (χ1v) is 10.9. The predicted molar refractivity (Wildman–Crippen MR) is 112 cm³/mol. The van der Waals surface area contributed by atoms with E-state index >= 15 is 0 Å². The molecule has 3 rings (SSSR count). The molecule has 0 unspecified atom stereocenters. The Labute approximate surface area is 175 Å². The Balaban J connectivity index is 1.49. The van der Waals surface area contributed by atoms with Gasteiger partial charge in [0.25, 0.3) is 0 Å². The number of nitrogens with zero attached hydrogens (tertiary/aromatic N) is 4. The molecule has 0 amide bonds. The van der Waals surface area contributed by atoms with E-state index in [4.69, 9.17) is 9.47 Å². The SMILES string of the molecule is CCC(=O)c1ccc(OC[C@H](O)CSc2nnc(N3CCOCC3)n2CC)cc1. The topological polar surface area (TPSA) is 89.7 Å². The highest BCUT2D eigenvalue weighted by atomic mass is 32.2. The number of carbonyl (C=O) groups is 1. The van der Waals surface area contributed by atoms with E-state index in [0.717, 1.165) is 30.7 Å². The van der Waals surface area contributed by atoms with E-state index < -0.39 is 6.10 Å². The smallest absolute Gasteiger partial charge is 0.228 e. The molecule has 1 aromatic heterocycles. The molecule has 0 radical (unpaired) electrons. The standard InChI is InChI=1S/C20H28N4O4S/c1-3-18(26)15-5-7-17(8-6-15)28-13-16(25)14-29-20-22-21-19(24(20)4-2)23-9-11-27-12-10-23/h5-8,16,25H,3-4,9-14H2,1-2H3/t16-/m0/s1. The van der Waals surface area contributed by atoms with Gasteiger partial charge < -0.3 is 19.5 Å². The van der Waals surface area contributed by atoms with Gasteiger partial charge in [-0.1, -0.05) is 18.7 Å². The zero-order valence-electron chi connectivity index (χ0n) is 16.9. The summed E-state index contributed by atoms with van der Waals surface area (Å²) in [5.41, 5.74) is 0.672. The first-order valence-electron chi connectivity index (χ1n) is 9.95. The fourth-order valence-corrected chi connectivity index (χ4v) is 3.92. The van der Waals surface area contributed by atoms with E-state index in [1.54, 1.807) is 24.3 Å². The van der Waals surface area contributed by atoms with Gasteiger partial charge in [-0.25, -0.2) is 0 Å². The maximum atomic E-state index is 11.7. The van der Waals surface area contributed by atoms with E-state index in [1.807, 2.05) is 6.92 Å². The van der Waals surface area contributed by atoms with Gasteiger partial charge in [0.05, 0.1) is 19.3 Å². The third-order valence-electron chi connectivity index (χ3n) is 4.65. The monoisotopic (exact) mass is 420 g/mol. The normalized spacial score (nSPS) is 15.3. The van der Waals surface area contributed by atoms with Crippen molar-refractivity contribution in [1.29, 1.82) is 0 Å². The first kappa shape index (κ1) is 21.6. The van der Waals surface area contributed by atoms with Crippen LogP contribution in [0.2, 0.25) is 0 Å². The molecule has 158 valence electrons. The summed E-state index contributed by atoms with van der Waals surface area (Å²) in [6.45, 7) is 7.84. The second kappa shape index (κ2) is 10.6. The van der Waals surface area contributed by atoms with Crippen molar-refractivity contribution in [1.82, 2.24) is 14.8 Å². The number of aliphatic hydroxyl groups is 1. The molecule has 9 heteroatoms. The molecule has 1 aliphatic rings. The second-order valence-electron chi connectivity index (χ2n) is 6.70. The van der Waals surface area contributed by atoms with E-state index in [-0.39, 0.29) is 12.4 Å². The van der Waals surface area contributed by atoms with E-state index in [1.165, 1.54) is 11.8 Å². The third kappa shape index (κ3) is 5.71. The number of carbonyl (C=O) groups excluding carboxylic acids is 1. The van der Waals surface area contributed by atoms with Crippen molar-refractivity contribution >= 4 is 23.5 Å². The highest BCUT2D eigenvalue weighted by molar-refractivity contribution is 7.99. The van der Waals surface area contributed by atoms with Crippen LogP contribution >= 0.6 is 11.8 Å². The molecule has 0 aliphatic carbocycles. The number of hydrogen-bond donors (Lipinski definition) is 1. The van der Waals surface area contributed by atoms with Gasteiger partial charge in [0.2, 0.25) is 5.95 Å². The van der Waals surface area contributed by atoms with Crippen LogP contribution in [0.15, 0.2) is 29.4 Å². The minimum absolute atomic E-state index is 0.101. The molecule has 2 heterocycles. The van der Waals surface area contributed by atoms with Gasteiger partial charge in [0.1, 0.15) is 12.4 Å². The Morgan fingerprint density at radius 3 is 2.62 bits per heavy atom. The number of aromatic nitrogens is 3. The summed E-state index contributed by atoms with van der Waals surface area (Å²) in [5, 5.41) is 19.7. The van der Waals surface area contributed by atoms with Crippen LogP contribution in [0.25, 0.3) is 0 Å². The van der Waals surface area contributed by atoms with Crippen molar-refractivity contribution < 1.29 is 19.4 Å². The van der Waals surface area contributed by atoms with E-state index in [9.17, 15) is 9.90 Å². The molecule has 1 saturated heterocycles. The Morgan fingerprint density at radius 1 is 1.24 bits per heavy atom. The summed E-state index contributed by atoms with van der Waals surface area (Å²) in [4.78, 5) is 13.8. The van der Waals surface area contributed by atoms with Crippen molar-refractivity contribution in [2.75, 3.05) is 43.6 Å².